The second-order valence-electron chi connectivity index (χ2n) is 5.59. The Hall–Kier alpha value is -3.12. The highest BCUT2D eigenvalue weighted by molar-refractivity contribution is 7.13. The average molecular weight is 363 g/mol. The van der Waals surface area contributed by atoms with E-state index in [-0.39, 0.29) is 0 Å². The fourth-order valence-corrected chi connectivity index (χ4v) is 3.40. The number of hydrogen-bond acceptors (Lipinski definition) is 6. The number of ether oxygens (including phenoxy) is 2. The second-order valence-corrected chi connectivity index (χ2v) is 6.53. The van der Waals surface area contributed by atoms with Crippen LogP contribution in [0.15, 0.2) is 60.0 Å². The molecule has 0 radical (unpaired) electrons. The average Bonchev–Trinajstić information content (AvgIpc) is 3.22. The summed E-state index contributed by atoms with van der Waals surface area (Å²) in [7, 11) is 3.24. The van der Waals surface area contributed by atoms with Gasteiger partial charge in [0.2, 0.25) is 0 Å². The van der Waals surface area contributed by atoms with E-state index in [9.17, 15) is 0 Å². The smallest absolute Gasteiger partial charge is 0.172 e. The molecule has 0 fully saturated rings. The molecule has 0 saturated heterocycles. The van der Waals surface area contributed by atoms with Crippen molar-refractivity contribution in [3.63, 3.8) is 0 Å². The quantitative estimate of drug-likeness (QED) is 0.533. The summed E-state index contributed by atoms with van der Waals surface area (Å²) in [5, 5.41) is 6.38. The number of thiophene rings is 1. The third-order valence-electron chi connectivity index (χ3n) is 3.99. The lowest BCUT2D eigenvalue weighted by molar-refractivity contribution is 0.355. The minimum atomic E-state index is 0.661. The van der Waals surface area contributed by atoms with E-state index < -0.39 is 0 Å². The van der Waals surface area contributed by atoms with E-state index in [1.807, 2.05) is 60.0 Å². The zero-order valence-corrected chi connectivity index (χ0v) is 15.2. The molecule has 0 aliphatic carbocycles. The van der Waals surface area contributed by atoms with Crippen LogP contribution in [-0.2, 0) is 0 Å². The van der Waals surface area contributed by atoms with Crippen LogP contribution in [0.4, 0.5) is 11.5 Å². The van der Waals surface area contributed by atoms with Crippen LogP contribution in [0.2, 0.25) is 0 Å². The van der Waals surface area contributed by atoms with Gasteiger partial charge in [0.15, 0.2) is 17.3 Å². The zero-order valence-electron chi connectivity index (χ0n) is 14.4. The summed E-state index contributed by atoms with van der Waals surface area (Å²) in [6.45, 7) is 0. The lowest BCUT2D eigenvalue weighted by Gasteiger charge is -2.13. The molecule has 4 aromatic rings. The number of fused-ring (bicyclic) bond motifs is 1. The Balaban J connectivity index is 1.80. The monoisotopic (exact) mass is 363 g/mol. The standard InChI is InChI=1S/C20H17N3O2S/c1-24-16-10-9-13(12-17(16)25-2)21-19-14-6-3-4-7-15(14)22-20(23-19)18-8-5-11-26-18/h3-12H,1-2H3,(H,21,22,23). The van der Waals surface area contributed by atoms with E-state index in [1.165, 1.54) is 0 Å². The Bertz CT molecular complexity index is 1050. The largest absolute Gasteiger partial charge is 0.493 e. The van der Waals surface area contributed by atoms with Crippen molar-refractivity contribution < 1.29 is 9.47 Å². The number of nitrogens with one attached hydrogen (secondary N) is 1. The summed E-state index contributed by atoms with van der Waals surface area (Å²) in [4.78, 5) is 10.5. The van der Waals surface area contributed by atoms with Gasteiger partial charge in [0.25, 0.3) is 0 Å². The van der Waals surface area contributed by atoms with Crippen LogP contribution in [0, 0.1) is 0 Å². The van der Waals surface area contributed by atoms with Crippen molar-refractivity contribution in [1.82, 2.24) is 9.97 Å². The highest BCUT2D eigenvalue weighted by atomic mass is 32.1. The van der Waals surface area contributed by atoms with Crippen LogP contribution >= 0.6 is 11.3 Å². The molecule has 2 heterocycles. The molecule has 0 aliphatic rings. The molecule has 4 rings (SSSR count). The van der Waals surface area contributed by atoms with E-state index in [0.717, 1.165) is 27.3 Å². The lowest BCUT2D eigenvalue weighted by Crippen LogP contribution is -1.99. The first-order valence-corrected chi connectivity index (χ1v) is 8.96. The van der Waals surface area contributed by atoms with E-state index >= 15 is 0 Å². The Kier molecular flexibility index (Phi) is 4.41. The minimum absolute atomic E-state index is 0.661. The molecule has 5 nitrogen and oxygen atoms in total. The number of benzene rings is 2. The van der Waals surface area contributed by atoms with Gasteiger partial charge in [0.05, 0.1) is 24.6 Å². The first-order chi connectivity index (χ1) is 12.8. The third kappa shape index (κ3) is 3.07. The normalized spacial score (nSPS) is 10.7. The number of anilines is 2. The van der Waals surface area contributed by atoms with Crippen LogP contribution in [0.3, 0.4) is 0 Å². The maximum absolute atomic E-state index is 5.39. The third-order valence-corrected chi connectivity index (χ3v) is 4.86. The van der Waals surface area contributed by atoms with Crippen LogP contribution in [0.5, 0.6) is 11.5 Å². The number of para-hydroxylation sites is 1. The van der Waals surface area contributed by atoms with Crippen LogP contribution in [0.25, 0.3) is 21.6 Å². The number of aromatic nitrogens is 2. The first-order valence-electron chi connectivity index (χ1n) is 8.08. The van der Waals surface area contributed by atoms with Gasteiger partial charge in [-0.05, 0) is 35.7 Å². The zero-order chi connectivity index (χ0) is 17.9. The van der Waals surface area contributed by atoms with Gasteiger partial charge in [-0.3, -0.25) is 0 Å². The molecule has 0 amide bonds. The maximum Gasteiger partial charge on any atom is 0.172 e. The van der Waals surface area contributed by atoms with Crippen LogP contribution in [0.1, 0.15) is 0 Å². The highest BCUT2D eigenvalue weighted by Crippen LogP contribution is 2.33. The van der Waals surface area contributed by atoms with Gasteiger partial charge in [-0.1, -0.05) is 18.2 Å². The summed E-state index contributed by atoms with van der Waals surface area (Å²) in [6.07, 6.45) is 0. The lowest BCUT2D eigenvalue weighted by atomic mass is 10.2. The van der Waals surface area contributed by atoms with Crippen molar-refractivity contribution in [1.29, 1.82) is 0 Å². The van der Waals surface area contributed by atoms with Crippen molar-refractivity contribution in [2.24, 2.45) is 0 Å². The van der Waals surface area contributed by atoms with Gasteiger partial charge in [-0.15, -0.1) is 11.3 Å². The SMILES string of the molecule is COc1ccc(Nc2nc(-c3cccs3)nc3ccccc23)cc1OC. The van der Waals surface area contributed by atoms with Gasteiger partial charge in [-0.2, -0.15) is 0 Å². The van der Waals surface area contributed by atoms with Crippen molar-refractivity contribution >= 4 is 33.7 Å². The summed E-state index contributed by atoms with van der Waals surface area (Å²) in [5.41, 5.74) is 1.76. The van der Waals surface area contributed by atoms with E-state index in [1.54, 1.807) is 25.6 Å². The molecule has 2 aromatic carbocycles. The van der Waals surface area contributed by atoms with E-state index in [0.29, 0.717) is 17.3 Å². The molecular formula is C20H17N3O2S. The van der Waals surface area contributed by atoms with Gasteiger partial charge in [-0.25, -0.2) is 9.97 Å². The minimum Gasteiger partial charge on any atom is -0.493 e. The Labute approximate surface area is 155 Å². The van der Waals surface area contributed by atoms with Gasteiger partial charge in [0.1, 0.15) is 5.82 Å². The van der Waals surface area contributed by atoms with Crippen molar-refractivity contribution in [3.8, 4) is 22.2 Å². The molecule has 0 atom stereocenters. The first kappa shape index (κ1) is 16.4. The molecule has 2 aromatic heterocycles. The molecule has 0 saturated carbocycles. The predicted octanol–water partition coefficient (Wildman–Crippen LogP) is 5.12. The summed E-state index contributed by atoms with van der Waals surface area (Å²) in [6, 6.07) is 17.7. The van der Waals surface area contributed by atoms with E-state index in [2.05, 4.69) is 5.32 Å². The number of nitrogens with zero attached hydrogens (tertiary/aromatic N) is 2. The molecule has 0 spiro atoms. The molecule has 0 unspecified atom stereocenters. The molecular weight excluding hydrogens is 346 g/mol. The molecule has 1 N–H and O–H groups in total. The second kappa shape index (κ2) is 7.01. The fraction of sp³-hybridized carbons (Fsp3) is 0.100. The van der Waals surface area contributed by atoms with E-state index in [4.69, 9.17) is 19.4 Å². The maximum atomic E-state index is 5.39. The molecule has 26 heavy (non-hydrogen) atoms. The van der Waals surface area contributed by atoms with Crippen molar-refractivity contribution in [3.05, 3.63) is 60.0 Å². The predicted molar refractivity (Wildman–Crippen MR) is 106 cm³/mol. The Morgan fingerprint density at radius 1 is 0.885 bits per heavy atom. The Morgan fingerprint density at radius 2 is 1.73 bits per heavy atom. The Morgan fingerprint density at radius 3 is 2.50 bits per heavy atom. The fourth-order valence-electron chi connectivity index (χ4n) is 2.74. The topological polar surface area (TPSA) is 56.3 Å². The number of hydrogen-bond donors (Lipinski definition) is 1. The number of methoxy groups -OCH3 is 2. The van der Waals surface area contributed by atoms with Gasteiger partial charge in [0, 0.05) is 17.1 Å². The summed E-state index contributed by atoms with van der Waals surface area (Å²) >= 11 is 1.62. The molecule has 6 heteroatoms. The highest BCUT2D eigenvalue weighted by Gasteiger charge is 2.11. The molecule has 130 valence electrons. The van der Waals surface area contributed by atoms with Gasteiger partial charge >= 0.3 is 0 Å². The molecule has 0 aliphatic heterocycles. The van der Waals surface area contributed by atoms with Crippen molar-refractivity contribution in [2.75, 3.05) is 19.5 Å². The summed E-state index contributed by atoms with van der Waals surface area (Å²) in [5.74, 6) is 2.81. The van der Waals surface area contributed by atoms with Crippen LogP contribution < -0.4 is 14.8 Å². The van der Waals surface area contributed by atoms with Crippen LogP contribution in [-0.4, -0.2) is 24.2 Å². The number of rotatable bonds is 5. The molecule has 0 bridgehead atoms. The van der Waals surface area contributed by atoms with Crippen molar-refractivity contribution in [2.45, 2.75) is 0 Å². The van der Waals surface area contributed by atoms with Gasteiger partial charge < -0.3 is 14.8 Å². The summed E-state index contributed by atoms with van der Waals surface area (Å²) < 4.78 is 10.7.